The molecule has 0 aromatic heterocycles. The molecule has 0 aliphatic carbocycles. The Morgan fingerprint density at radius 1 is 1.31 bits per heavy atom. The maximum Gasteiger partial charge on any atom is 0.163 e. The molecule has 1 saturated heterocycles. The standard InChI is InChI=1S/C13H16O3/c1-10(14)12-4-2-3-5-13(12)16-11-6-8-15-9-7-11/h2-5,11H,6-9H2,1H3. The largest absolute Gasteiger partial charge is 0.489 e. The van der Waals surface area contributed by atoms with E-state index in [2.05, 4.69) is 0 Å². The lowest BCUT2D eigenvalue weighted by molar-refractivity contribution is 0.0252. The van der Waals surface area contributed by atoms with Gasteiger partial charge in [-0.15, -0.1) is 0 Å². The second-order valence-electron chi connectivity index (χ2n) is 3.98. The van der Waals surface area contributed by atoms with E-state index in [1.165, 1.54) is 0 Å². The van der Waals surface area contributed by atoms with E-state index in [-0.39, 0.29) is 11.9 Å². The minimum atomic E-state index is 0.0441. The van der Waals surface area contributed by atoms with Gasteiger partial charge in [0, 0.05) is 12.8 Å². The van der Waals surface area contributed by atoms with Crippen molar-refractivity contribution in [2.75, 3.05) is 13.2 Å². The summed E-state index contributed by atoms with van der Waals surface area (Å²) in [5.41, 5.74) is 0.661. The molecule has 0 amide bonds. The normalized spacial score (nSPS) is 17.1. The van der Waals surface area contributed by atoms with E-state index in [1.807, 2.05) is 18.2 Å². The first-order chi connectivity index (χ1) is 7.77. The second kappa shape index (κ2) is 5.12. The van der Waals surface area contributed by atoms with Crippen LogP contribution in [0.3, 0.4) is 0 Å². The number of benzene rings is 1. The molecule has 1 aliphatic rings. The van der Waals surface area contributed by atoms with Gasteiger partial charge in [0.15, 0.2) is 5.78 Å². The third-order valence-electron chi connectivity index (χ3n) is 2.73. The highest BCUT2D eigenvalue weighted by atomic mass is 16.5. The molecule has 0 unspecified atom stereocenters. The maximum absolute atomic E-state index is 11.4. The molecule has 3 nitrogen and oxygen atoms in total. The highest BCUT2D eigenvalue weighted by Gasteiger charge is 2.17. The molecule has 1 fully saturated rings. The van der Waals surface area contributed by atoms with E-state index in [4.69, 9.17) is 9.47 Å². The first-order valence-corrected chi connectivity index (χ1v) is 5.62. The van der Waals surface area contributed by atoms with Crippen LogP contribution in [-0.2, 0) is 4.74 Å². The monoisotopic (exact) mass is 220 g/mol. The van der Waals surface area contributed by atoms with Crippen molar-refractivity contribution in [2.24, 2.45) is 0 Å². The molecule has 3 heteroatoms. The van der Waals surface area contributed by atoms with Crippen LogP contribution < -0.4 is 4.74 Å². The lowest BCUT2D eigenvalue weighted by Gasteiger charge is -2.24. The van der Waals surface area contributed by atoms with Crippen molar-refractivity contribution < 1.29 is 14.3 Å². The first-order valence-electron chi connectivity index (χ1n) is 5.62. The number of Topliss-reactive ketones (excluding diaryl/α,β-unsaturated/α-hetero) is 1. The Bertz CT molecular complexity index is 367. The predicted octanol–water partition coefficient (Wildman–Crippen LogP) is 2.45. The van der Waals surface area contributed by atoms with E-state index in [0.717, 1.165) is 26.1 Å². The molecule has 0 bridgehead atoms. The lowest BCUT2D eigenvalue weighted by Crippen LogP contribution is -2.26. The Morgan fingerprint density at radius 3 is 2.69 bits per heavy atom. The number of carbonyl (C=O) groups is 1. The summed E-state index contributed by atoms with van der Waals surface area (Å²) >= 11 is 0. The number of hydrogen-bond donors (Lipinski definition) is 0. The molecule has 0 radical (unpaired) electrons. The van der Waals surface area contributed by atoms with E-state index in [0.29, 0.717) is 11.3 Å². The zero-order valence-corrected chi connectivity index (χ0v) is 9.44. The van der Waals surface area contributed by atoms with Gasteiger partial charge in [-0.25, -0.2) is 0 Å². The molecule has 0 atom stereocenters. The van der Waals surface area contributed by atoms with E-state index in [9.17, 15) is 4.79 Å². The van der Waals surface area contributed by atoms with Gasteiger partial charge in [0.2, 0.25) is 0 Å². The minimum Gasteiger partial charge on any atom is -0.489 e. The fourth-order valence-electron chi connectivity index (χ4n) is 1.83. The van der Waals surface area contributed by atoms with Gasteiger partial charge in [-0.3, -0.25) is 4.79 Å². The quantitative estimate of drug-likeness (QED) is 0.734. The van der Waals surface area contributed by atoms with Crippen LogP contribution in [-0.4, -0.2) is 25.1 Å². The fraction of sp³-hybridized carbons (Fsp3) is 0.462. The summed E-state index contributed by atoms with van der Waals surface area (Å²) in [4.78, 5) is 11.4. The van der Waals surface area contributed by atoms with Gasteiger partial charge in [0.25, 0.3) is 0 Å². The summed E-state index contributed by atoms with van der Waals surface area (Å²) in [5.74, 6) is 0.740. The average molecular weight is 220 g/mol. The van der Waals surface area contributed by atoms with Crippen LogP contribution in [0.4, 0.5) is 0 Å². The third kappa shape index (κ3) is 2.61. The Labute approximate surface area is 95.4 Å². The molecular formula is C13H16O3. The number of ketones is 1. The molecule has 2 rings (SSSR count). The van der Waals surface area contributed by atoms with Gasteiger partial charge in [0.05, 0.1) is 18.8 Å². The van der Waals surface area contributed by atoms with Crippen molar-refractivity contribution in [3.8, 4) is 5.75 Å². The number of hydrogen-bond acceptors (Lipinski definition) is 3. The summed E-state index contributed by atoms with van der Waals surface area (Å²) in [7, 11) is 0. The van der Waals surface area contributed by atoms with Crippen LogP contribution in [0.5, 0.6) is 5.75 Å². The Morgan fingerprint density at radius 2 is 2.00 bits per heavy atom. The van der Waals surface area contributed by atoms with Gasteiger partial charge in [-0.1, -0.05) is 12.1 Å². The van der Waals surface area contributed by atoms with Crippen molar-refractivity contribution in [3.05, 3.63) is 29.8 Å². The van der Waals surface area contributed by atoms with Gasteiger partial charge < -0.3 is 9.47 Å². The predicted molar refractivity (Wildman–Crippen MR) is 60.9 cm³/mol. The first kappa shape index (κ1) is 11.1. The van der Waals surface area contributed by atoms with Crippen molar-refractivity contribution in [1.29, 1.82) is 0 Å². The van der Waals surface area contributed by atoms with Crippen molar-refractivity contribution in [2.45, 2.75) is 25.9 Å². The van der Waals surface area contributed by atoms with Crippen LogP contribution in [0.15, 0.2) is 24.3 Å². The number of ether oxygens (including phenoxy) is 2. The van der Waals surface area contributed by atoms with Crippen molar-refractivity contribution in [1.82, 2.24) is 0 Å². The molecule has 86 valence electrons. The van der Waals surface area contributed by atoms with Crippen LogP contribution in [0.1, 0.15) is 30.1 Å². The molecular weight excluding hydrogens is 204 g/mol. The Balaban J connectivity index is 2.10. The summed E-state index contributed by atoms with van der Waals surface area (Å²) in [6, 6.07) is 7.40. The summed E-state index contributed by atoms with van der Waals surface area (Å²) in [6.07, 6.45) is 1.97. The lowest BCUT2D eigenvalue weighted by atomic mass is 10.1. The molecule has 1 heterocycles. The number of rotatable bonds is 3. The summed E-state index contributed by atoms with van der Waals surface area (Å²) < 4.78 is 11.1. The Hall–Kier alpha value is -1.35. The topological polar surface area (TPSA) is 35.5 Å². The smallest absolute Gasteiger partial charge is 0.163 e. The molecule has 16 heavy (non-hydrogen) atoms. The van der Waals surface area contributed by atoms with E-state index in [1.54, 1.807) is 13.0 Å². The number of carbonyl (C=O) groups excluding carboxylic acids is 1. The molecule has 0 spiro atoms. The second-order valence-corrected chi connectivity index (χ2v) is 3.98. The van der Waals surface area contributed by atoms with E-state index >= 15 is 0 Å². The summed E-state index contributed by atoms with van der Waals surface area (Å²) in [6.45, 7) is 3.05. The van der Waals surface area contributed by atoms with Gasteiger partial charge >= 0.3 is 0 Å². The van der Waals surface area contributed by atoms with Crippen LogP contribution in [0.25, 0.3) is 0 Å². The van der Waals surface area contributed by atoms with Crippen LogP contribution in [0, 0.1) is 0 Å². The summed E-state index contributed by atoms with van der Waals surface area (Å²) in [5, 5.41) is 0. The maximum atomic E-state index is 11.4. The van der Waals surface area contributed by atoms with Gasteiger partial charge in [-0.05, 0) is 19.1 Å². The zero-order chi connectivity index (χ0) is 11.4. The molecule has 0 saturated carbocycles. The zero-order valence-electron chi connectivity index (χ0n) is 9.44. The van der Waals surface area contributed by atoms with Gasteiger partial charge in [-0.2, -0.15) is 0 Å². The number of para-hydroxylation sites is 1. The molecule has 0 N–H and O–H groups in total. The van der Waals surface area contributed by atoms with Gasteiger partial charge in [0.1, 0.15) is 11.9 Å². The third-order valence-corrected chi connectivity index (χ3v) is 2.73. The average Bonchev–Trinajstić information content (AvgIpc) is 2.31. The van der Waals surface area contributed by atoms with E-state index < -0.39 is 0 Å². The fourth-order valence-corrected chi connectivity index (χ4v) is 1.83. The highest BCUT2D eigenvalue weighted by molar-refractivity contribution is 5.96. The highest BCUT2D eigenvalue weighted by Crippen LogP contribution is 2.22. The van der Waals surface area contributed by atoms with Crippen molar-refractivity contribution >= 4 is 5.78 Å². The van der Waals surface area contributed by atoms with Crippen LogP contribution >= 0.6 is 0 Å². The minimum absolute atomic E-state index is 0.0441. The Kier molecular flexibility index (Phi) is 3.57. The molecule has 1 aliphatic heterocycles. The molecule has 1 aromatic rings. The SMILES string of the molecule is CC(=O)c1ccccc1OC1CCOCC1. The van der Waals surface area contributed by atoms with Crippen LogP contribution in [0.2, 0.25) is 0 Å². The van der Waals surface area contributed by atoms with Crippen molar-refractivity contribution in [3.63, 3.8) is 0 Å². The molecule has 1 aromatic carbocycles.